The molecule has 1 atom stereocenters. The van der Waals surface area contributed by atoms with Crippen LogP contribution in [0.5, 0.6) is 0 Å². The minimum Gasteiger partial charge on any atom is -0.388 e. The largest absolute Gasteiger partial charge is 0.388 e. The van der Waals surface area contributed by atoms with E-state index in [1.807, 2.05) is 24.3 Å². The number of alkyl halides is 1. The van der Waals surface area contributed by atoms with Crippen LogP contribution in [-0.2, 0) is 9.59 Å². The fourth-order valence-electron chi connectivity index (χ4n) is 4.71. The SMILES string of the molecule is Cc1c(NC(=O)C2=CC(c3ccc(SCCCl)cc3)=C[N+]2(C)NC=O)c[nH]c1C(=O)Nc1c[nH]c(C(=O)NCCC(=N)N)c1C.Cl. The Bertz CT molecular complexity index is 1700. The third-order valence-corrected chi connectivity index (χ3v) is 8.61. The van der Waals surface area contributed by atoms with Gasteiger partial charge in [-0.1, -0.05) is 12.1 Å². The Hall–Kier alpha value is -4.50. The Kier molecular flexibility index (Phi) is 12.3. The number of aromatic nitrogens is 2. The van der Waals surface area contributed by atoms with Crippen molar-refractivity contribution >= 4 is 82.7 Å². The molecule has 4 rings (SSSR count). The van der Waals surface area contributed by atoms with Gasteiger partial charge < -0.3 is 31.7 Å². The molecule has 16 heteroatoms. The van der Waals surface area contributed by atoms with Crippen molar-refractivity contribution in [2.24, 2.45) is 5.73 Å². The maximum Gasteiger partial charge on any atom is 0.312 e. The first-order valence-corrected chi connectivity index (χ1v) is 15.4. The van der Waals surface area contributed by atoms with Gasteiger partial charge in [-0.3, -0.25) is 24.6 Å². The van der Waals surface area contributed by atoms with Crippen molar-refractivity contribution in [3.63, 3.8) is 0 Å². The third kappa shape index (κ3) is 8.20. The van der Waals surface area contributed by atoms with E-state index in [0.717, 1.165) is 21.8 Å². The molecule has 46 heavy (non-hydrogen) atoms. The molecule has 3 aromatic rings. The molecule has 1 aliphatic rings. The van der Waals surface area contributed by atoms with Crippen LogP contribution in [-0.4, -0.2) is 69.8 Å². The van der Waals surface area contributed by atoms with Gasteiger partial charge in [0.15, 0.2) is 0 Å². The molecule has 1 aromatic carbocycles. The molecule has 9 N–H and O–H groups in total. The highest BCUT2D eigenvalue weighted by atomic mass is 35.5. The van der Waals surface area contributed by atoms with Crippen LogP contribution in [0.15, 0.2) is 59.5 Å². The molecule has 0 bridgehead atoms. The van der Waals surface area contributed by atoms with E-state index in [4.69, 9.17) is 22.7 Å². The number of aromatic amines is 2. The van der Waals surface area contributed by atoms with Gasteiger partial charge in [0, 0.05) is 64.7 Å². The summed E-state index contributed by atoms with van der Waals surface area (Å²) in [4.78, 5) is 57.5. The van der Waals surface area contributed by atoms with E-state index >= 15 is 0 Å². The van der Waals surface area contributed by atoms with Crippen LogP contribution in [0, 0.1) is 19.3 Å². The van der Waals surface area contributed by atoms with Crippen molar-refractivity contribution in [2.75, 3.05) is 35.9 Å². The zero-order valence-electron chi connectivity index (χ0n) is 25.4. The molecular weight excluding hydrogens is 653 g/mol. The monoisotopic (exact) mass is 688 g/mol. The zero-order chi connectivity index (χ0) is 32.7. The smallest absolute Gasteiger partial charge is 0.312 e. The lowest BCUT2D eigenvalue weighted by molar-refractivity contribution is -0.849. The summed E-state index contributed by atoms with van der Waals surface area (Å²) in [5, 5.41) is 15.6. The van der Waals surface area contributed by atoms with E-state index < -0.39 is 11.8 Å². The number of rotatable bonds is 14. The summed E-state index contributed by atoms with van der Waals surface area (Å²) in [5.41, 5.74) is 12.2. The van der Waals surface area contributed by atoms with E-state index in [2.05, 4.69) is 31.3 Å². The molecule has 0 spiro atoms. The third-order valence-electron chi connectivity index (χ3n) is 7.19. The first-order chi connectivity index (χ1) is 21.5. The van der Waals surface area contributed by atoms with Crippen LogP contribution in [0.25, 0.3) is 5.57 Å². The fourth-order valence-corrected chi connectivity index (χ4v) is 5.58. The number of likely N-dealkylation sites (N-methyl/N-ethyl adjacent to an activating group) is 1. The van der Waals surface area contributed by atoms with Crippen molar-refractivity contribution in [3.05, 3.63) is 82.7 Å². The molecule has 0 saturated carbocycles. The second-order valence-corrected chi connectivity index (χ2v) is 11.9. The lowest BCUT2D eigenvalue weighted by Gasteiger charge is -2.25. The number of nitrogens with one attached hydrogen (secondary N) is 7. The van der Waals surface area contributed by atoms with Gasteiger partial charge in [0.2, 0.25) is 5.70 Å². The van der Waals surface area contributed by atoms with Crippen LogP contribution in [0.4, 0.5) is 11.4 Å². The fraction of sp³-hybridized carbons (Fsp3) is 0.233. The number of amides is 4. The number of nitrogens with zero attached hydrogens (tertiary/aromatic N) is 1. The molecule has 13 nitrogen and oxygen atoms in total. The quantitative estimate of drug-likeness (QED) is 0.0314. The maximum atomic E-state index is 13.5. The summed E-state index contributed by atoms with van der Waals surface area (Å²) in [7, 11) is 1.68. The Morgan fingerprint density at radius 1 is 1.00 bits per heavy atom. The van der Waals surface area contributed by atoms with Crippen LogP contribution < -0.4 is 27.1 Å². The predicted molar refractivity (Wildman–Crippen MR) is 183 cm³/mol. The molecule has 0 saturated heterocycles. The molecule has 0 aliphatic carbocycles. The highest BCUT2D eigenvalue weighted by molar-refractivity contribution is 7.99. The van der Waals surface area contributed by atoms with Gasteiger partial charge in [-0.15, -0.1) is 35.8 Å². The number of anilines is 2. The number of allylic oxidation sites excluding steroid dienone is 2. The number of H-pyrrole nitrogens is 2. The summed E-state index contributed by atoms with van der Waals surface area (Å²) < 4.78 is -0.262. The maximum absolute atomic E-state index is 13.5. The van der Waals surface area contributed by atoms with Crippen molar-refractivity contribution < 1.29 is 23.8 Å². The number of benzene rings is 1. The van der Waals surface area contributed by atoms with Crippen LogP contribution >= 0.6 is 35.8 Å². The molecular formula is C30H36Cl2N9O4S+. The van der Waals surface area contributed by atoms with Gasteiger partial charge >= 0.3 is 5.91 Å². The van der Waals surface area contributed by atoms with E-state index in [-0.39, 0.29) is 58.8 Å². The van der Waals surface area contributed by atoms with Gasteiger partial charge in [-0.25, -0.2) is 0 Å². The number of thioether (sulfide) groups is 1. The van der Waals surface area contributed by atoms with E-state index in [1.165, 1.54) is 12.4 Å². The molecule has 0 fully saturated rings. The van der Waals surface area contributed by atoms with Gasteiger partial charge in [0.1, 0.15) is 24.6 Å². The lowest BCUT2D eigenvalue weighted by Crippen LogP contribution is -2.50. The van der Waals surface area contributed by atoms with Gasteiger partial charge in [-0.05, 0) is 31.5 Å². The Morgan fingerprint density at radius 3 is 2.15 bits per heavy atom. The number of nitrogens with two attached hydrogens (primary N) is 1. The average Bonchev–Trinajstić information content (AvgIpc) is 3.66. The number of quaternary nitrogens is 1. The number of carbonyl (C=O) groups is 4. The van der Waals surface area contributed by atoms with Gasteiger partial charge in [0.25, 0.3) is 18.2 Å². The van der Waals surface area contributed by atoms with E-state index in [1.54, 1.807) is 44.9 Å². The van der Waals surface area contributed by atoms with E-state index in [0.29, 0.717) is 34.8 Å². The topological polar surface area (TPSA) is 198 Å². The van der Waals surface area contributed by atoms with Gasteiger partial charge in [0.05, 0.1) is 17.2 Å². The number of halogens is 2. The molecule has 0 radical (unpaired) electrons. The van der Waals surface area contributed by atoms with Crippen molar-refractivity contribution in [3.8, 4) is 0 Å². The Morgan fingerprint density at radius 2 is 1.59 bits per heavy atom. The summed E-state index contributed by atoms with van der Waals surface area (Å²) >= 11 is 7.44. The first-order valence-electron chi connectivity index (χ1n) is 13.9. The Balaban J connectivity index is 0.00000576. The lowest BCUT2D eigenvalue weighted by atomic mass is 10.1. The summed E-state index contributed by atoms with van der Waals surface area (Å²) in [6.07, 6.45) is 7.26. The number of hydrogen-bond donors (Lipinski definition) is 8. The zero-order valence-corrected chi connectivity index (χ0v) is 27.8. The van der Waals surface area contributed by atoms with E-state index in [9.17, 15) is 19.2 Å². The number of amidine groups is 1. The standard InChI is InChI=1S/C30H34ClN9O4S.ClH/c1-17-23(14-35-26(17)29(43)34-10-8-25(32)33)39-30(44)27-18(2)22(13-36-27)38-28(42)24-12-20(15-40(24,3)37-16-41)19-4-6-21(7-5-19)45-11-9-31;/h4-7,12-16H,8-11H2,1-3H3,(H8-,32,33,34,35,36,37,38,39,41,42,43,44);1H/p+1. The van der Waals surface area contributed by atoms with Crippen molar-refractivity contribution in [1.29, 1.82) is 5.41 Å². The first kappa shape index (κ1) is 36.0. The van der Waals surface area contributed by atoms with Crippen LogP contribution in [0.3, 0.4) is 0 Å². The summed E-state index contributed by atoms with van der Waals surface area (Å²) in [6.45, 7) is 3.59. The minimum absolute atomic E-state index is 0. The second-order valence-electron chi connectivity index (χ2n) is 10.3. The van der Waals surface area contributed by atoms with Crippen molar-refractivity contribution in [1.82, 2.24) is 20.7 Å². The van der Waals surface area contributed by atoms with Crippen LogP contribution in [0.2, 0.25) is 0 Å². The molecule has 3 heterocycles. The molecule has 1 unspecified atom stereocenters. The predicted octanol–water partition coefficient (Wildman–Crippen LogP) is 4.01. The summed E-state index contributed by atoms with van der Waals surface area (Å²) in [5.74, 6) is -0.0148. The Labute approximate surface area is 281 Å². The average molecular weight is 690 g/mol. The highest BCUT2D eigenvalue weighted by Crippen LogP contribution is 2.33. The molecule has 244 valence electrons. The number of carbonyl (C=O) groups excluding carboxylic acids is 4. The summed E-state index contributed by atoms with van der Waals surface area (Å²) in [6, 6.07) is 7.85. The number of hydrogen-bond acceptors (Lipinski definition) is 6. The normalized spacial score (nSPS) is 15.2. The van der Waals surface area contributed by atoms with Gasteiger partial charge in [-0.2, -0.15) is 10.0 Å². The van der Waals surface area contributed by atoms with Crippen LogP contribution in [0.1, 0.15) is 44.1 Å². The second kappa shape index (κ2) is 15.7. The molecule has 4 amide bonds. The molecule has 1 aliphatic heterocycles. The highest BCUT2D eigenvalue weighted by Gasteiger charge is 2.38. The minimum atomic E-state index is -0.474. The van der Waals surface area contributed by atoms with Crippen molar-refractivity contribution in [2.45, 2.75) is 25.2 Å². The molecule has 2 aromatic heterocycles.